The lowest BCUT2D eigenvalue weighted by atomic mass is 9.70. The minimum Gasteiger partial charge on any atom is -0.435 e. The highest BCUT2D eigenvalue weighted by Crippen LogP contribution is 2.67. The van der Waals surface area contributed by atoms with Crippen LogP contribution in [0.25, 0.3) is 88.9 Å². The van der Waals surface area contributed by atoms with Crippen LogP contribution in [0.4, 0.5) is 34.1 Å². The Morgan fingerprint density at radius 2 is 0.728 bits per heavy atom. The van der Waals surface area contributed by atoms with Crippen molar-refractivity contribution in [3.05, 3.63) is 287 Å². The van der Waals surface area contributed by atoms with E-state index in [0.717, 1.165) is 122 Å². The van der Waals surface area contributed by atoms with Crippen molar-refractivity contribution in [3.8, 4) is 45.2 Å². The zero-order chi connectivity index (χ0) is 54.1. The number of fused-ring (bicyclic) bond motifs is 16. The SMILES string of the molecule is Cc1ccc(C)c(-c2nc3c(N(c4ccccc4)c4cccc5ccccc45)cc4c(c3o2)-c2c(cc(N(c3ccccc3)c3cccc5ccccc35)c3nc(-c5cc(C)ccc5C)oc23)C42c3ccccc3-c3ccccc32)c1. The molecule has 0 radical (unpaired) electrons. The minimum atomic E-state index is -0.912. The summed E-state index contributed by atoms with van der Waals surface area (Å²) in [6.07, 6.45) is 0. The van der Waals surface area contributed by atoms with Crippen LogP contribution < -0.4 is 9.80 Å². The molecule has 0 N–H and O–H groups in total. The quantitative estimate of drug-likeness (QED) is 0.151. The Morgan fingerprint density at radius 3 is 1.19 bits per heavy atom. The summed E-state index contributed by atoms with van der Waals surface area (Å²) in [6, 6.07) is 87.8. The van der Waals surface area contributed by atoms with Crippen molar-refractivity contribution in [1.29, 1.82) is 0 Å². The molecule has 16 rings (SSSR count). The molecule has 12 aromatic carbocycles. The molecule has 0 unspecified atom stereocenters. The summed E-state index contributed by atoms with van der Waals surface area (Å²) in [4.78, 5) is 16.3. The summed E-state index contributed by atoms with van der Waals surface area (Å²) < 4.78 is 15.3. The number of para-hydroxylation sites is 2. The Balaban J connectivity index is 1.13. The number of rotatable bonds is 8. The van der Waals surface area contributed by atoms with Gasteiger partial charge in [-0.05, 0) is 144 Å². The maximum Gasteiger partial charge on any atom is 0.227 e. The first kappa shape index (κ1) is 46.8. The highest BCUT2D eigenvalue weighted by Gasteiger charge is 2.55. The highest BCUT2D eigenvalue weighted by atomic mass is 16.4. The van der Waals surface area contributed by atoms with Gasteiger partial charge in [-0.2, -0.15) is 0 Å². The van der Waals surface area contributed by atoms with E-state index in [1.54, 1.807) is 0 Å². The van der Waals surface area contributed by atoms with Crippen LogP contribution in [0, 0.1) is 27.7 Å². The van der Waals surface area contributed by atoms with Gasteiger partial charge < -0.3 is 18.6 Å². The fourth-order valence-corrected chi connectivity index (χ4v) is 13.5. The molecule has 2 aliphatic rings. The molecule has 384 valence electrons. The molecule has 2 aliphatic carbocycles. The molecule has 2 heterocycles. The zero-order valence-corrected chi connectivity index (χ0v) is 45.2. The molecule has 1 spiro atoms. The smallest absolute Gasteiger partial charge is 0.227 e. The Hall–Kier alpha value is -10.3. The second-order valence-electron chi connectivity index (χ2n) is 21.8. The maximum atomic E-state index is 7.65. The van der Waals surface area contributed by atoms with Gasteiger partial charge in [-0.3, -0.25) is 0 Å². The van der Waals surface area contributed by atoms with Crippen LogP contribution in [0.15, 0.2) is 251 Å². The van der Waals surface area contributed by atoms with Crippen molar-refractivity contribution in [2.45, 2.75) is 33.1 Å². The van der Waals surface area contributed by atoms with Gasteiger partial charge in [0.1, 0.15) is 11.0 Å². The minimum absolute atomic E-state index is 0.550. The predicted molar refractivity (Wildman–Crippen MR) is 332 cm³/mol. The molecule has 0 saturated heterocycles. The molecule has 0 saturated carbocycles. The molecule has 0 amide bonds. The zero-order valence-electron chi connectivity index (χ0n) is 45.2. The summed E-state index contributed by atoms with van der Waals surface area (Å²) in [6.45, 7) is 8.54. The van der Waals surface area contributed by atoms with Crippen LogP contribution in [0.5, 0.6) is 0 Å². The molecular weight excluding hydrogens is 989 g/mol. The number of anilines is 6. The van der Waals surface area contributed by atoms with Crippen molar-refractivity contribution in [2.75, 3.05) is 9.80 Å². The van der Waals surface area contributed by atoms with Gasteiger partial charge in [-0.15, -0.1) is 0 Å². The first-order valence-electron chi connectivity index (χ1n) is 27.8. The van der Waals surface area contributed by atoms with Gasteiger partial charge in [-0.25, -0.2) is 9.97 Å². The van der Waals surface area contributed by atoms with Gasteiger partial charge >= 0.3 is 0 Å². The summed E-state index contributed by atoms with van der Waals surface area (Å²) >= 11 is 0. The third-order valence-corrected chi connectivity index (χ3v) is 17.1. The van der Waals surface area contributed by atoms with Crippen LogP contribution in [-0.2, 0) is 5.41 Å². The molecule has 0 fully saturated rings. The molecule has 2 aromatic heterocycles. The lowest BCUT2D eigenvalue weighted by Crippen LogP contribution is -2.26. The summed E-state index contributed by atoms with van der Waals surface area (Å²) in [5.74, 6) is 1.10. The topological polar surface area (TPSA) is 58.5 Å². The van der Waals surface area contributed by atoms with Crippen LogP contribution in [0.1, 0.15) is 44.5 Å². The fourth-order valence-electron chi connectivity index (χ4n) is 13.5. The molecule has 81 heavy (non-hydrogen) atoms. The van der Waals surface area contributed by atoms with Crippen molar-refractivity contribution in [1.82, 2.24) is 9.97 Å². The number of hydrogen-bond donors (Lipinski definition) is 0. The normalized spacial score (nSPS) is 12.8. The van der Waals surface area contributed by atoms with Crippen molar-refractivity contribution < 1.29 is 8.83 Å². The number of aryl methyl sites for hydroxylation is 4. The molecule has 0 atom stereocenters. The number of benzene rings is 12. The standard InChI is InChI=1S/C75H52N4O2/c1-45-37-39-47(3)57(41-45)73-76-69-65(78(51-25-7-5-8-26-51)63-35-19-23-49-21-11-13-29-53(49)63)43-61-67(71(69)80-73)68-62(75(61)59-33-17-15-31-55(59)56-32-16-18-34-60(56)75)44-66(70-72(68)81-74(77-70)58-42-46(2)38-40-48(58)4)79(52-27-9-6-10-28-52)64-36-20-24-50-22-12-14-30-54(50)64/h5-44H,1-4H3. The van der Waals surface area contributed by atoms with Gasteiger partial charge in [0.2, 0.25) is 11.8 Å². The lowest BCUT2D eigenvalue weighted by molar-refractivity contribution is 0.616. The predicted octanol–water partition coefficient (Wildman–Crippen LogP) is 20.1. The Labute approximate surface area is 469 Å². The van der Waals surface area contributed by atoms with Crippen molar-refractivity contribution in [3.63, 3.8) is 0 Å². The highest BCUT2D eigenvalue weighted by molar-refractivity contribution is 6.17. The van der Waals surface area contributed by atoms with E-state index in [-0.39, 0.29) is 0 Å². The van der Waals surface area contributed by atoms with E-state index in [2.05, 4.69) is 280 Å². The summed E-state index contributed by atoms with van der Waals surface area (Å²) in [7, 11) is 0. The van der Waals surface area contributed by atoms with E-state index in [0.29, 0.717) is 22.9 Å². The molecule has 14 aromatic rings. The number of hydrogen-bond acceptors (Lipinski definition) is 6. The molecule has 6 nitrogen and oxygen atoms in total. The van der Waals surface area contributed by atoms with E-state index in [1.165, 1.54) is 22.3 Å². The molecular formula is C75H52N4O2. The van der Waals surface area contributed by atoms with Crippen LogP contribution in [0.2, 0.25) is 0 Å². The Kier molecular flexibility index (Phi) is 10.3. The molecule has 0 bridgehead atoms. The van der Waals surface area contributed by atoms with Crippen LogP contribution in [-0.4, -0.2) is 9.97 Å². The van der Waals surface area contributed by atoms with E-state index >= 15 is 0 Å². The first-order valence-corrected chi connectivity index (χ1v) is 27.8. The average Bonchev–Trinajstić information content (AvgIpc) is 4.48. The number of oxazole rings is 2. The van der Waals surface area contributed by atoms with Gasteiger partial charge in [0, 0.05) is 44.4 Å². The largest absolute Gasteiger partial charge is 0.435 e. The van der Waals surface area contributed by atoms with Gasteiger partial charge in [-0.1, -0.05) is 193 Å². The van der Waals surface area contributed by atoms with E-state index < -0.39 is 5.41 Å². The second-order valence-corrected chi connectivity index (χ2v) is 21.8. The van der Waals surface area contributed by atoms with Gasteiger partial charge in [0.25, 0.3) is 0 Å². The first-order chi connectivity index (χ1) is 39.8. The lowest BCUT2D eigenvalue weighted by Gasteiger charge is -2.33. The molecule has 6 heteroatoms. The second kappa shape index (κ2) is 17.9. The van der Waals surface area contributed by atoms with Crippen molar-refractivity contribution >= 4 is 77.9 Å². The van der Waals surface area contributed by atoms with E-state index in [4.69, 9.17) is 18.8 Å². The van der Waals surface area contributed by atoms with E-state index in [1.807, 2.05) is 0 Å². The molecule has 0 aliphatic heterocycles. The maximum absolute atomic E-state index is 7.65. The Morgan fingerprint density at radius 1 is 0.333 bits per heavy atom. The fraction of sp³-hybridized carbons (Fsp3) is 0.0667. The van der Waals surface area contributed by atoms with Gasteiger partial charge in [0.05, 0.1) is 28.2 Å². The van der Waals surface area contributed by atoms with Gasteiger partial charge in [0.15, 0.2) is 11.2 Å². The summed E-state index contributed by atoms with van der Waals surface area (Å²) in [5.41, 5.74) is 22.7. The number of nitrogens with zero attached hydrogens (tertiary/aromatic N) is 4. The average molecular weight is 1040 g/mol. The van der Waals surface area contributed by atoms with Crippen LogP contribution >= 0.6 is 0 Å². The van der Waals surface area contributed by atoms with E-state index in [9.17, 15) is 0 Å². The monoisotopic (exact) mass is 1040 g/mol. The third kappa shape index (κ3) is 6.87. The summed E-state index contributed by atoms with van der Waals surface area (Å²) in [5, 5.41) is 4.51. The Bertz CT molecular complexity index is 4580. The third-order valence-electron chi connectivity index (χ3n) is 17.1. The van der Waals surface area contributed by atoms with Crippen LogP contribution in [0.3, 0.4) is 0 Å². The van der Waals surface area contributed by atoms with Crippen molar-refractivity contribution in [2.24, 2.45) is 0 Å². The number of aromatic nitrogens is 2.